The van der Waals surface area contributed by atoms with E-state index in [1.807, 2.05) is 17.8 Å². The molecule has 0 spiro atoms. The SMILES string of the molecule is BrCC1(CSc2ccc3c(c2)OCCO3)CCOCC1. The van der Waals surface area contributed by atoms with Crippen LogP contribution in [0.2, 0.25) is 0 Å². The standard InChI is InChI=1S/C15H19BrO3S/c16-10-15(3-5-17-6-4-15)11-20-12-1-2-13-14(9-12)19-8-7-18-13/h1-2,9H,3-8,10-11H2. The smallest absolute Gasteiger partial charge is 0.162 e. The molecule has 1 aromatic rings. The third kappa shape index (κ3) is 3.26. The van der Waals surface area contributed by atoms with Gasteiger partial charge in [0.1, 0.15) is 13.2 Å². The number of rotatable bonds is 4. The predicted octanol–water partition coefficient (Wildman–Crippen LogP) is 3.74. The lowest BCUT2D eigenvalue weighted by molar-refractivity contribution is 0.0374. The van der Waals surface area contributed by atoms with Crippen LogP contribution in [-0.4, -0.2) is 37.5 Å². The largest absolute Gasteiger partial charge is 0.486 e. The van der Waals surface area contributed by atoms with Gasteiger partial charge < -0.3 is 14.2 Å². The van der Waals surface area contributed by atoms with Gasteiger partial charge in [-0.05, 0) is 36.5 Å². The third-order valence-electron chi connectivity index (χ3n) is 3.90. The van der Waals surface area contributed by atoms with Gasteiger partial charge in [0.15, 0.2) is 11.5 Å². The van der Waals surface area contributed by atoms with Crippen LogP contribution in [-0.2, 0) is 4.74 Å². The zero-order valence-corrected chi connectivity index (χ0v) is 13.8. The maximum Gasteiger partial charge on any atom is 0.162 e. The lowest BCUT2D eigenvalue weighted by Gasteiger charge is -2.35. The first-order valence-corrected chi connectivity index (χ1v) is 9.08. The van der Waals surface area contributed by atoms with E-state index in [0.29, 0.717) is 18.6 Å². The Morgan fingerprint density at radius 1 is 1.05 bits per heavy atom. The molecule has 0 aliphatic carbocycles. The fraction of sp³-hybridized carbons (Fsp3) is 0.600. The molecule has 20 heavy (non-hydrogen) atoms. The van der Waals surface area contributed by atoms with Crippen LogP contribution in [0.5, 0.6) is 11.5 Å². The molecule has 2 aliphatic heterocycles. The molecule has 1 aromatic carbocycles. The summed E-state index contributed by atoms with van der Waals surface area (Å²) in [4.78, 5) is 1.25. The minimum atomic E-state index is 0.357. The monoisotopic (exact) mass is 358 g/mol. The van der Waals surface area contributed by atoms with Gasteiger partial charge in [-0.3, -0.25) is 0 Å². The highest BCUT2D eigenvalue weighted by Gasteiger charge is 2.31. The lowest BCUT2D eigenvalue weighted by atomic mass is 9.85. The number of fused-ring (bicyclic) bond motifs is 1. The second-order valence-corrected chi connectivity index (χ2v) is 6.95. The van der Waals surface area contributed by atoms with Gasteiger partial charge in [0.2, 0.25) is 0 Å². The van der Waals surface area contributed by atoms with Crippen LogP contribution < -0.4 is 9.47 Å². The van der Waals surface area contributed by atoms with E-state index in [-0.39, 0.29) is 0 Å². The Hall–Kier alpha value is -0.390. The first-order chi connectivity index (χ1) is 9.81. The van der Waals surface area contributed by atoms with Crippen molar-refractivity contribution in [2.75, 3.05) is 37.5 Å². The fourth-order valence-corrected chi connectivity index (χ4v) is 4.71. The Morgan fingerprint density at radius 2 is 1.80 bits per heavy atom. The molecule has 110 valence electrons. The van der Waals surface area contributed by atoms with Gasteiger partial charge in [-0.2, -0.15) is 0 Å². The number of hydrogen-bond acceptors (Lipinski definition) is 4. The molecule has 0 atom stereocenters. The quantitative estimate of drug-likeness (QED) is 0.605. The van der Waals surface area contributed by atoms with Crippen LogP contribution in [0.3, 0.4) is 0 Å². The van der Waals surface area contributed by atoms with Gasteiger partial charge in [0.25, 0.3) is 0 Å². The van der Waals surface area contributed by atoms with Crippen molar-refractivity contribution in [2.24, 2.45) is 5.41 Å². The van der Waals surface area contributed by atoms with E-state index in [9.17, 15) is 0 Å². The molecule has 0 saturated carbocycles. The number of ether oxygens (including phenoxy) is 3. The molecule has 0 bridgehead atoms. The minimum Gasteiger partial charge on any atom is -0.486 e. The van der Waals surface area contributed by atoms with Crippen molar-refractivity contribution in [1.29, 1.82) is 0 Å². The van der Waals surface area contributed by atoms with Crippen molar-refractivity contribution in [3.8, 4) is 11.5 Å². The molecule has 0 amide bonds. The number of hydrogen-bond donors (Lipinski definition) is 0. The molecular weight excluding hydrogens is 340 g/mol. The number of benzene rings is 1. The molecular formula is C15H19BrO3S. The van der Waals surface area contributed by atoms with E-state index in [0.717, 1.165) is 48.6 Å². The highest BCUT2D eigenvalue weighted by atomic mass is 79.9. The third-order valence-corrected chi connectivity index (χ3v) is 6.43. The lowest BCUT2D eigenvalue weighted by Crippen LogP contribution is -2.33. The van der Waals surface area contributed by atoms with Crippen molar-refractivity contribution < 1.29 is 14.2 Å². The Kier molecular flexibility index (Phi) is 4.79. The molecule has 5 heteroatoms. The second-order valence-electron chi connectivity index (χ2n) is 5.34. The average molecular weight is 359 g/mol. The van der Waals surface area contributed by atoms with Crippen LogP contribution in [0.1, 0.15) is 12.8 Å². The summed E-state index contributed by atoms with van der Waals surface area (Å²) in [6.45, 7) is 3.05. The first kappa shape index (κ1) is 14.5. The molecule has 3 nitrogen and oxygen atoms in total. The van der Waals surface area contributed by atoms with Crippen LogP contribution in [0.25, 0.3) is 0 Å². The topological polar surface area (TPSA) is 27.7 Å². The Balaban J connectivity index is 1.65. The maximum absolute atomic E-state index is 5.64. The molecule has 2 aliphatic rings. The summed E-state index contributed by atoms with van der Waals surface area (Å²) in [5.74, 6) is 2.85. The molecule has 1 saturated heterocycles. The van der Waals surface area contributed by atoms with E-state index in [4.69, 9.17) is 14.2 Å². The van der Waals surface area contributed by atoms with E-state index in [2.05, 4.69) is 28.1 Å². The van der Waals surface area contributed by atoms with Gasteiger partial charge in [0, 0.05) is 29.2 Å². The van der Waals surface area contributed by atoms with Crippen molar-refractivity contribution in [1.82, 2.24) is 0 Å². The van der Waals surface area contributed by atoms with Crippen LogP contribution >= 0.6 is 27.7 Å². The highest BCUT2D eigenvalue weighted by molar-refractivity contribution is 9.09. The number of halogens is 1. The molecule has 0 aromatic heterocycles. The van der Waals surface area contributed by atoms with Gasteiger partial charge in [-0.25, -0.2) is 0 Å². The van der Waals surface area contributed by atoms with Crippen LogP contribution in [0.15, 0.2) is 23.1 Å². The molecule has 0 radical (unpaired) electrons. The summed E-state index contributed by atoms with van der Waals surface area (Å²) in [5.41, 5.74) is 0.357. The maximum atomic E-state index is 5.64. The average Bonchev–Trinajstić information content (AvgIpc) is 2.54. The number of thioether (sulfide) groups is 1. The molecule has 0 unspecified atom stereocenters. The molecule has 3 rings (SSSR count). The van der Waals surface area contributed by atoms with Gasteiger partial charge in [-0.1, -0.05) is 15.9 Å². The van der Waals surface area contributed by atoms with E-state index >= 15 is 0 Å². The summed E-state index contributed by atoms with van der Waals surface area (Å²) < 4.78 is 16.7. The summed E-state index contributed by atoms with van der Waals surface area (Å²) in [6, 6.07) is 6.24. The summed E-state index contributed by atoms with van der Waals surface area (Å²) in [6.07, 6.45) is 2.27. The van der Waals surface area contributed by atoms with E-state index in [1.54, 1.807) is 0 Å². The van der Waals surface area contributed by atoms with Crippen molar-refractivity contribution in [3.63, 3.8) is 0 Å². The molecule has 1 fully saturated rings. The fourth-order valence-electron chi connectivity index (χ4n) is 2.47. The van der Waals surface area contributed by atoms with E-state index < -0.39 is 0 Å². The van der Waals surface area contributed by atoms with Crippen LogP contribution in [0.4, 0.5) is 0 Å². The molecule has 2 heterocycles. The normalized spacial score (nSPS) is 20.6. The number of alkyl halides is 1. The zero-order valence-electron chi connectivity index (χ0n) is 11.4. The van der Waals surface area contributed by atoms with Crippen LogP contribution in [0, 0.1) is 5.41 Å². The Bertz CT molecular complexity index is 460. The van der Waals surface area contributed by atoms with Gasteiger partial charge in [-0.15, -0.1) is 11.8 Å². The predicted molar refractivity (Wildman–Crippen MR) is 84.4 cm³/mol. The van der Waals surface area contributed by atoms with Crippen molar-refractivity contribution in [3.05, 3.63) is 18.2 Å². The van der Waals surface area contributed by atoms with Crippen molar-refractivity contribution >= 4 is 27.7 Å². The minimum absolute atomic E-state index is 0.357. The van der Waals surface area contributed by atoms with Crippen molar-refractivity contribution in [2.45, 2.75) is 17.7 Å². The highest BCUT2D eigenvalue weighted by Crippen LogP contribution is 2.40. The van der Waals surface area contributed by atoms with E-state index in [1.165, 1.54) is 4.90 Å². The Morgan fingerprint density at radius 3 is 2.55 bits per heavy atom. The summed E-state index contributed by atoms with van der Waals surface area (Å²) >= 11 is 5.59. The molecule has 0 N–H and O–H groups in total. The first-order valence-electron chi connectivity index (χ1n) is 6.98. The van der Waals surface area contributed by atoms with Gasteiger partial charge in [0.05, 0.1) is 0 Å². The zero-order chi connectivity index (χ0) is 13.8. The van der Waals surface area contributed by atoms with Gasteiger partial charge >= 0.3 is 0 Å². The Labute approximate surface area is 132 Å². The summed E-state index contributed by atoms with van der Waals surface area (Å²) in [5, 5.41) is 1.04. The second kappa shape index (κ2) is 6.58. The summed E-state index contributed by atoms with van der Waals surface area (Å²) in [7, 11) is 0.